The van der Waals surface area contributed by atoms with Gasteiger partial charge in [-0.1, -0.05) is 6.58 Å². The second-order valence-electron chi connectivity index (χ2n) is 2.70. The summed E-state index contributed by atoms with van der Waals surface area (Å²) in [5.74, 6) is 0. The number of rotatable bonds is 3. The molecule has 66 valence electrons. The van der Waals surface area contributed by atoms with Crippen molar-refractivity contribution in [2.75, 3.05) is 6.54 Å². The molecule has 0 atom stereocenters. The van der Waals surface area contributed by atoms with Crippen molar-refractivity contribution in [3.63, 3.8) is 0 Å². The van der Waals surface area contributed by atoms with Crippen molar-refractivity contribution >= 4 is 6.03 Å². The van der Waals surface area contributed by atoms with Crippen LogP contribution in [0.25, 0.3) is 0 Å². The Bertz CT molecular complexity index is 215. The third kappa shape index (κ3) is 5.30. The summed E-state index contributed by atoms with van der Waals surface area (Å²) >= 11 is 0. The maximum atomic E-state index is 10.9. The Morgan fingerprint density at radius 3 is 2.67 bits per heavy atom. The number of hydrogen-bond acceptors (Lipinski definition) is 2. The summed E-state index contributed by atoms with van der Waals surface area (Å²) < 4.78 is 0. The maximum absolute atomic E-state index is 10.9. The lowest BCUT2D eigenvalue weighted by Gasteiger charge is -2.08. The van der Waals surface area contributed by atoms with Gasteiger partial charge in [0.1, 0.15) is 0 Å². The molecule has 0 rings (SSSR count). The minimum Gasteiger partial charge on any atom is -0.336 e. The second kappa shape index (κ2) is 5.19. The van der Waals surface area contributed by atoms with E-state index in [9.17, 15) is 4.79 Å². The molecular weight excluding hydrogens is 154 g/mol. The fourth-order valence-electron chi connectivity index (χ4n) is 0.540. The van der Waals surface area contributed by atoms with Crippen LogP contribution in [0.15, 0.2) is 12.2 Å². The molecule has 0 saturated carbocycles. The van der Waals surface area contributed by atoms with Crippen LogP contribution in [-0.2, 0) is 0 Å². The van der Waals surface area contributed by atoms with Crippen molar-refractivity contribution < 1.29 is 4.79 Å². The van der Waals surface area contributed by atoms with Crippen molar-refractivity contribution in [2.45, 2.75) is 19.9 Å². The zero-order valence-corrected chi connectivity index (χ0v) is 7.35. The van der Waals surface area contributed by atoms with Crippen LogP contribution >= 0.6 is 0 Å². The zero-order chi connectivity index (χ0) is 9.56. The molecule has 0 bridgehead atoms. The van der Waals surface area contributed by atoms with E-state index in [1.807, 2.05) is 19.9 Å². The first kappa shape index (κ1) is 10.5. The Morgan fingerprint density at radius 1 is 1.67 bits per heavy atom. The summed E-state index contributed by atoms with van der Waals surface area (Å²) in [5.41, 5.74) is 0.342. The first-order valence-electron chi connectivity index (χ1n) is 3.68. The van der Waals surface area contributed by atoms with E-state index in [1.165, 1.54) is 0 Å². The van der Waals surface area contributed by atoms with Crippen molar-refractivity contribution in [3.8, 4) is 6.07 Å². The first-order chi connectivity index (χ1) is 5.56. The summed E-state index contributed by atoms with van der Waals surface area (Å²) in [6, 6.07) is 1.66. The largest absolute Gasteiger partial charge is 0.336 e. The van der Waals surface area contributed by atoms with Gasteiger partial charge in [-0.25, -0.2) is 4.79 Å². The second-order valence-corrected chi connectivity index (χ2v) is 2.70. The molecule has 4 heteroatoms. The maximum Gasteiger partial charge on any atom is 0.315 e. The number of urea groups is 1. The van der Waals surface area contributed by atoms with Gasteiger partial charge in [-0.3, -0.25) is 0 Å². The third-order valence-electron chi connectivity index (χ3n) is 1.04. The van der Waals surface area contributed by atoms with Crippen LogP contribution in [0.3, 0.4) is 0 Å². The molecule has 0 aliphatic rings. The lowest BCUT2D eigenvalue weighted by molar-refractivity contribution is 0.239. The van der Waals surface area contributed by atoms with Gasteiger partial charge < -0.3 is 10.6 Å². The van der Waals surface area contributed by atoms with E-state index >= 15 is 0 Å². The van der Waals surface area contributed by atoms with Gasteiger partial charge in [-0.05, 0) is 13.8 Å². The molecule has 2 amide bonds. The summed E-state index contributed by atoms with van der Waals surface area (Å²) in [7, 11) is 0. The summed E-state index contributed by atoms with van der Waals surface area (Å²) in [5, 5.41) is 13.4. The van der Waals surface area contributed by atoms with Crippen LogP contribution in [0, 0.1) is 11.3 Å². The van der Waals surface area contributed by atoms with E-state index < -0.39 is 0 Å². The Hall–Kier alpha value is -1.50. The van der Waals surface area contributed by atoms with E-state index in [0.29, 0.717) is 5.57 Å². The van der Waals surface area contributed by atoms with Crippen molar-refractivity contribution in [1.82, 2.24) is 10.6 Å². The third-order valence-corrected chi connectivity index (χ3v) is 1.04. The Morgan fingerprint density at radius 2 is 2.25 bits per heavy atom. The van der Waals surface area contributed by atoms with Crippen LogP contribution in [0.5, 0.6) is 0 Å². The molecule has 0 heterocycles. The number of hydrogen-bond donors (Lipinski definition) is 2. The number of carbonyl (C=O) groups is 1. The van der Waals surface area contributed by atoms with Crippen LogP contribution < -0.4 is 10.6 Å². The van der Waals surface area contributed by atoms with E-state index in [-0.39, 0.29) is 18.6 Å². The molecular formula is C8H13N3O. The van der Waals surface area contributed by atoms with Gasteiger partial charge >= 0.3 is 6.03 Å². The standard InChI is InChI=1S/C8H13N3O/c1-6(2)11-8(12)10-5-7(3)4-9/h6H,3,5H2,1-2H3,(H2,10,11,12). The van der Waals surface area contributed by atoms with Gasteiger partial charge in [0.2, 0.25) is 0 Å². The van der Waals surface area contributed by atoms with Crippen molar-refractivity contribution in [2.24, 2.45) is 0 Å². The lowest BCUT2D eigenvalue weighted by Crippen LogP contribution is -2.40. The molecule has 0 fully saturated rings. The van der Waals surface area contributed by atoms with E-state index in [2.05, 4.69) is 17.2 Å². The fraction of sp³-hybridized carbons (Fsp3) is 0.500. The summed E-state index contributed by atoms with van der Waals surface area (Å²) in [6.45, 7) is 7.34. The zero-order valence-electron chi connectivity index (χ0n) is 7.35. The molecule has 0 aromatic heterocycles. The van der Waals surface area contributed by atoms with Crippen molar-refractivity contribution in [1.29, 1.82) is 5.26 Å². The van der Waals surface area contributed by atoms with Gasteiger partial charge in [0.05, 0.1) is 12.6 Å². The molecule has 0 aromatic rings. The number of nitrogens with one attached hydrogen (secondary N) is 2. The SMILES string of the molecule is C=C(C#N)CNC(=O)NC(C)C. The normalized spacial score (nSPS) is 8.83. The van der Waals surface area contributed by atoms with Crippen LogP contribution in [0.2, 0.25) is 0 Å². The molecule has 0 radical (unpaired) electrons. The summed E-state index contributed by atoms with van der Waals surface area (Å²) in [4.78, 5) is 10.9. The molecule has 0 aliphatic carbocycles. The lowest BCUT2D eigenvalue weighted by atomic mass is 10.3. The van der Waals surface area contributed by atoms with Gasteiger partial charge in [0, 0.05) is 11.6 Å². The minimum absolute atomic E-state index is 0.0975. The number of nitrogens with zero attached hydrogens (tertiary/aromatic N) is 1. The molecule has 0 unspecified atom stereocenters. The highest BCUT2D eigenvalue weighted by molar-refractivity contribution is 5.74. The van der Waals surface area contributed by atoms with Crippen LogP contribution in [-0.4, -0.2) is 18.6 Å². The quantitative estimate of drug-likeness (QED) is 0.610. The van der Waals surface area contributed by atoms with E-state index in [1.54, 1.807) is 0 Å². The highest BCUT2D eigenvalue weighted by atomic mass is 16.2. The molecule has 0 aliphatic heterocycles. The van der Waals surface area contributed by atoms with Gasteiger partial charge in [0.15, 0.2) is 0 Å². The molecule has 0 spiro atoms. The van der Waals surface area contributed by atoms with Gasteiger partial charge in [0.25, 0.3) is 0 Å². The average Bonchev–Trinajstić information content (AvgIpc) is 1.99. The molecule has 0 saturated heterocycles. The van der Waals surface area contributed by atoms with E-state index in [0.717, 1.165) is 0 Å². The van der Waals surface area contributed by atoms with Gasteiger partial charge in [-0.2, -0.15) is 5.26 Å². The highest BCUT2D eigenvalue weighted by Crippen LogP contribution is 1.82. The Balaban J connectivity index is 3.59. The summed E-state index contributed by atoms with van der Waals surface area (Å²) in [6.07, 6.45) is 0. The predicted octanol–water partition coefficient (Wildman–Crippen LogP) is 0.774. The fourth-order valence-corrected chi connectivity index (χ4v) is 0.540. The monoisotopic (exact) mass is 167 g/mol. The van der Waals surface area contributed by atoms with Crippen LogP contribution in [0.1, 0.15) is 13.8 Å². The molecule has 0 aromatic carbocycles. The number of amides is 2. The predicted molar refractivity (Wildman–Crippen MR) is 46.4 cm³/mol. The molecule has 4 nitrogen and oxygen atoms in total. The van der Waals surface area contributed by atoms with Crippen molar-refractivity contribution in [3.05, 3.63) is 12.2 Å². The van der Waals surface area contributed by atoms with Gasteiger partial charge in [-0.15, -0.1) is 0 Å². The smallest absolute Gasteiger partial charge is 0.315 e. The molecule has 2 N–H and O–H groups in total. The highest BCUT2D eigenvalue weighted by Gasteiger charge is 2.01. The number of nitriles is 1. The first-order valence-corrected chi connectivity index (χ1v) is 3.68. The number of carbonyl (C=O) groups excluding carboxylic acids is 1. The molecule has 12 heavy (non-hydrogen) atoms. The Kier molecular flexibility index (Phi) is 4.54. The van der Waals surface area contributed by atoms with E-state index in [4.69, 9.17) is 5.26 Å². The topological polar surface area (TPSA) is 64.9 Å². The minimum atomic E-state index is -0.276. The van der Waals surface area contributed by atoms with Crippen LogP contribution in [0.4, 0.5) is 4.79 Å². The average molecular weight is 167 g/mol. The Labute approximate surface area is 72.3 Å².